The zero-order valence-corrected chi connectivity index (χ0v) is 12.0. The molecule has 0 fully saturated rings. The van der Waals surface area contributed by atoms with Crippen LogP contribution in [0.5, 0.6) is 11.5 Å². The van der Waals surface area contributed by atoms with Crippen molar-refractivity contribution in [1.29, 1.82) is 0 Å². The zero-order valence-electron chi connectivity index (χ0n) is 12.0. The van der Waals surface area contributed by atoms with Crippen molar-refractivity contribution in [1.82, 2.24) is 9.97 Å². The largest absolute Gasteiger partial charge is 0.486 e. The number of amides is 1. The number of benzene rings is 2. The maximum Gasteiger partial charge on any atom is 0.323 e. The van der Waals surface area contributed by atoms with Crippen molar-refractivity contribution in [3.05, 3.63) is 52.4 Å². The highest BCUT2D eigenvalue weighted by molar-refractivity contribution is 6.11. The Morgan fingerprint density at radius 2 is 1.87 bits per heavy atom. The molecule has 1 aliphatic heterocycles. The molecule has 0 radical (unpaired) electrons. The summed E-state index contributed by atoms with van der Waals surface area (Å²) in [5.41, 5.74) is 1.70. The van der Waals surface area contributed by atoms with E-state index in [0.29, 0.717) is 47.0 Å². The van der Waals surface area contributed by atoms with Crippen LogP contribution in [0.25, 0.3) is 11.0 Å². The number of H-pyrrole nitrogens is 2. The van der Waals surface area contributed by atoms with E-state index in [1.807, 2.05) is 0 Å². The maximum absolute atomic E-state index is 12.5. The van der Waals surface area contributed by atoms with Crippen LogP contribution in [0, 0.1) is 0 Å². The molecule has 0 bridgehead atoms. The summed E-state index contributed by atoms with van der Waals surface area (Å²) in [6.07, 6.45) is 0. The van der Waals surface area contributed by atoms with Crippen LogP contribution < -0.4 is 20.5 Å². The first-order chi connectivity index (χ1) is 11.2. The minimum absolute atomic E-state index is 0.317. The van der Waals surface area contributed by atoms with Crippen molar-refractivity contribution in [3.63, 3.8) is 0 Å². The van der Waals surface area contributed by atoms with Crippen LogP contribution in [-0.2, 0) is 0 Å². The molecule has 7 nitrogen and oxygen atoms in total. The molecule has 1 amide bonds. The van der Waals surface area contributed by atoms with Crippen molar-refractivity contribution in [2.24, 2.45) is 0 Å². The second kappa shape index (κ2) is 5.20. The van der Waals surface area contributed by atoms with Gasteiger partial charge in [-0.2, -0.15) is 0 Å². The number of fused-ring (bicyclic) bond motifs is 2. The quantitative estimate of drug-likeness (QED) is 0.673. The molecule has 0 spiro atoms. The molecule has 0 saturated heterocycles. The maximum atomic E-state index is 12.5. The molecule has 0 aliphatic carbocycles. The molecule has 0 saturated carbocycles. The van der Waals surface area contributed by atoms with Crippen LogP contribution in [-0.4, -0.2) is 29.1 Å². The number of aromatic amines is 2. The molecule has 3 aromatic rings. The van der Waals surface area contributed by atoms with Gasteiger partial charge in [-0.1, -0.05) is 6.07 Å². The molecule has 2 heterocycles. The summed E-state index contributed by atoms with van der Waals surface area (Å²) in [6.45, 7) is 0.996. The third kappa shape index (κ3) is 2.42. The van der Waals surface area contributed by atoms with Gasteiger partial charge in [0.05, 0.1) is 16.6 Å². The van der Waals surface area contributed by atoms with Gasteiger partial charge in [-0.15, -0.1) is 0 Å². The van der Waals surface area contributed by atoms with E-state index < -0.39 is 0 Å². The average Bonchev–Trinajstić information content (AvgIpc) is 2.94. The van der Waals surface area contributed by atoms with E-state index in [1.54, 1.807) is 36.4 Å². The number of carbonyl (C=O) groups excluding carboxylic acids is 1. The number of ether oxygens (including phenoxy) is 2. The molecule has 7 heteroatoms. The molecular formula is C16H13N3O4. The topological polar surface area (TPSA) is 96.2 Å². The summed E-state index contributed by atoms with van der Waals surface area (Å²) < 4.78 is 10.9. The van der Waals surface area contributed by atoms with Gasteiger partial charge in [-0.3, -0.25) is 4.79 Å². The first-order valence-electron chi connectivity index (χ1n) is 7.13. The molecule has 4 rings (SSSR count). The van der Waals surface area contributed by atoms with Crippen LogP contribution in [0.1, 0.15) is 10.4 Å². The molecule has 23 heavy (non-hydrogen) atoms. The molecule has 1 aliphatic rings. The average molecular weight is 311 g/mol. The zero-order chi connectivity index (χ0) is 15.8. The summed E-state index contributed by atoms with van der Waals surface area (Å²) >= 11 is 0. The van der Waals surface area contributed by atoms with Crippen LogP contribution in [0.4, 0.5) is 5.69 Å². The first-order valence-corrected chi connectivity index (χ1v) is 7.13. The highest BCUT2D eigenvalue weighted by Crippen LogP contribution is 2.32. The Bertz CT molecular complexity index is 957. The van der Waals surface area contributed by atoms with E-state index >= 15 is 0 Å². The Kier molecular flexibility index (Phi) is 3.04. The van der Waals surface area contributed by atoms with E-state index in [1.165, 1.54) is 0 Å². The monoisotopic (exact) mass is 311 g/mol. The SMILES string of the molecule is O=C(Nc1ccc2c(c1)OCCO2)c1cccc2[nH]c(=O)[nH]c12. The summed E-state index contributed by atoms with van der Waals surface area (Å²) in [4.78, 5) is 29.2. The van der Waals surface area contributed by atoms with Gasteiger partial charge in [0, 0.05) is 11.8 Å². The summed E-state index contributed by atoms with van der Waals surface area (Å²) in [7, 11) is 0. The number of hydrogen-bond acceptors (Lipinski definition) is 4. The highest BCUT2D eigenvalue weighted by Gasteiger charge is 2.15. The Hall–Kier alpha value is -3.22. The van der Waals surface area contributed by atoms with E-state index in [0.717, 1.165) is 0 Å². The predicted octanol–water partition coefficient (Wildman–Crippen LogP) is 1.88. The fourth-order valence-corrected chi connectivity index (χ4v) is 2.57. The smallest absolute Gasteiger partial charge is 0.323 e. The van der Waals surface area contributed by atoms with Crippen molar-refractivity contribution < 1.29 is 14.3 Å². The molecule has 0 atom stereocenters. The van der Waals surface area contributed by atoms with Crippen molar-refractivity contribution >= 4 is 22.6 Å². The Morgan fingerprint density at radius 3 is 2.74 bits per heavy atom. The van der Waals surface area contributed by atoms with E-state index in [4.69, 9.17) is 9.47 Å². The standard InChI is InChI=1S/C16H13N3O4/c20-15(10-2-1-3-11-14(10)19-16(21)18-11)17-9-4-5-12-13(8-9)23-7-6-22-12/h1-5,8H,6-7H2,(H,17,20)(H2,18,19,21). The first kappa shape index (κ1) is 13.4. The van der Waals surface area contributed by atoms with Gasteiger partial charge in [0.15, 0.2) is 11.5 Å². The van der Waals surface area contributed by atoms with Gasteiger partial charge in [-0.05, 0) is 24.3 Å². The van der Waals surface area contributed by atoms with Crippen LogP contribution in [0.3, 0.4) is 0 Å². The number of para-hydroxylation sites is 1. The highest BCUT2D eigenvalue weighted by atomic mass is 16.6. The number of rotatable bonds is 2. The number of carbonyl (C=O) groups is 1. The van der Waals surface area contributed by atoms with Gasteiger partial charge >= 0.3 is 5.69 Å². The number of aromatic nitrogens is 2. The molecule has 116 valence electrons. The van der Waals surface area contributed by atoms with E-state index in [9.17, 15) is 9.59 Å². The molecular weight excluding hydrogens is 298 g/mol. The molecule has 3 N–H and O–H groups in total. The second-order valence-electron chi connectivity index (χ2n) is 5.12. The predicted molar refractivity (Wildman–Crippen MR) is 84.3 cm³/mol. The lowest BCUT2D eigenvalue weighted by Crippen LogP contribution is -2.16. The fourth-order valence-electron chi connectivity index (χ4n) is 2.57. The molecule has 1 aromatic heterocycles. The second-order valence-corrected chi connectivity index (χ2v) is 5.12. The fraction of sp³-hybridized carbons (Fsp3) is 0.125. The van der Waals surface area contributed by atoms with Gasteiger partial charge in [0.1, 0.15) is 13.2 Å². The van der Waals surface area contributed by atoms with Gasteiger partial charge in [0.2, 0.25) is 0 Å². The third-order valence-electron chi connectivity index (χ3n) is 3.60. The lowest BCUT2D eigenvalue weighted by atomic mass is 10.1. The number of imidazole rings is 1. The van der Waals surface area contributed by atoms with E-state index in [-0.39, 0.29) is 11.6 Å². The lowest BCUT2D eigenvalue weighted by molar-refractivity contribution is 0.102. The summed E-state index contributed by atoms with van der Waals surface area (Å²) in [5, 5.41) is 2.80. The van der Waals surface area contributed by atoms with Crippen molar-refractivity contribution in [2.75, 3.05) is 18.5 Å². The van der Waals surface area contributed by atoms with Crippen LogP contribution in [0.15, 0.2) is 41.2 Å². The number of hydrogen-bond donors (Lipinski definition) is 3. The minimum atomic E-state index is -0.348. The van der Waals surface area contributed by atoms with Gasteiger partial charge in [-0.25, -0.2) is 4.79 Å². The van der Waals surface area contributed by atoms with Crippen LogP contribution >= 0.6 is 0 Å². The normalized spacial score (nSPS) is 13.0. The van der Waals surface area contributed by atoms with Crippen LogP contribution in [0.2, 0.25) is 0 Å². The third-order valence-corrected chi connectivity index (χ3v) is 3.60. The Balaban J connectivity index is 1.65. The van der Waals surface area contributed by atoms with Crippen molar-refractivity contribution in [2.45, 2.75) is 0 Å². The number of nitrogens with one attached hydrogen (secondary N) is 3. The van der Waals surface area contributed by atoms with E-state index in [2.05, 4.69) is 15.3 Å². The van der Waals surface area contributed by atoms with Crippen molar-refractivity contribution in [3.8, 4) is 11.5 Å². The Labute approximate surface area is 130 Å². The molecule has 2 aromatic carbocycles. The number of anilines is 1. The summed E-state index contributed by atoms with van der Waals surface area (Å²) in [6, 6.07) is 10.3. The summed E-state index contributed by atoms with van der Waals surface area (Å²) in [5.74, 6) is 0.941. The molecule has 0 unspecified atom stereocenters. The van der Waals surface area contributed by atoms with Gasteiger partial charge in [0.25, 0.3) is 5.91 Å². The van der Waals surface area contributed by atoms with Gasteiger partial charge < -0.3 is 24.8 Å². The minimum Gasteiger partial charge on any atom is -0.486 e. The Morgan fingerprint density at radius 1 is 1.04 bits per heavy atom. The lowest BCUT2D eigenvalue weighted by Gasteiger charge is -2.19.